The highest BCUT2D eigenvalue weighted by Crippen LogP contribution is 2.20. The van der Waals surface area contributed by atoms with Gasteiger partial charge in [-0.1, -0.05) is 24.3 Å². The van der Waals surface area contributed by atoms with Gasteiger partial charge in [0, 0.05) is 6.04 Å². The fraction of sp³-hybridized carbons (Fsp3) is 0.417. The van der Waals surface area contributed by atoms with E-state index in [-0.39, 0.29) is 0 Å². The third-order valence-corrected chi connectivity index (χ3v) is 2.84. The molecule has 2 rings (SSSR count). The van der Waals surface area contributed by atoms with Crippen LogP contribution >= 0.6 is 0 Å². The Bertz CT molecular complexity index is 322. The van der Waals surface area contributed by atoms with Crippen molar-refractivity contribution in [1.82, 2.24) is 5.32 Å². The summed E-state index contributed by atoms with van der Waals surface area (Å²) in [4.78, 5) is 10.2. The summed E-state index contributed by atoms with van der Waals surface area (Å²) in [6.45, 7) is 0.479. The van der Waals surface area contributed by atoms with Crippen molar-refractivity contribution in [2.75, 3.05) is 6.54 Å². The molecule has 0 saturated heterocycles. The van der Waals surface area contributed by atoms with E-state index in [1.165, 1.54) is 11.1 Å². The summed E-state index contributed by atoms with van der Waals surface area (Å²) in [7, 11) is 0. The SMILES string of the molecule is O=CCN[C@H]1CCc2ccccc2C1. The minimum absolute atomic E-state index is 0.479. The van der Waals surface area contributed by atoms with Gasteiger partial charge in [0.05, 0.1) is 6.54 Å². The average molecular weight is 189 g/mol. The van der Waals surface area contributed by atoms with E-state index in [1.807, 2.05) is 0 Å². The Morgan fingerprint density at radius 3 is 2.93 bits per heavy atom. The van der Waals surface area contributed by atoms with Crippen molar-refractivity contribution < 1.29 is 4.79 Å². The van der Waals surface area contributed by atoms with E-state index < -0.39 is 0 Å². The van der Waals surface area contributed by atoms with E-state index in [9.17, 15) is 4.79 Å². The highest BCUT2D eigenvalue weighted by molar-refractivity contribution is 5.52. The molecule has 0 radical (unpaired) electrons. The van der Waals surface area contributed by atoms with Crippen LogP contribution in [0.15, 0.2) is 24.3 Å². The second-order valence-corrected chi connectivity index (χ2v) is 3.78. The van der Waals surface area contributed by atoms with Crippen molar-refractivity contribution in [1.29, 1.82) is 0 Å². The largest absolute Gasteiger partial charge is 0.307 e. The molecule has 0 saturated carbocycles. The first-order chi connectivity index (χ1) is 6.90. The first-order valence-electron chi connectivity index (χ1n) is 5.14. The molecule has 0 bridgehead atoms. The molecule has 1 N–H and O–H groups in total. The second kappa shape index (κ2) is 4.38. The van der Waals surface area contributed by atoms with Gasteiger partial charge in [0.1, 0.15) is 6.29 Å². The highest BCUT2D eigenvalue weighted by atomic mass is 16.1. The van der Waals surface area contributed by atoms with Gasteiger partial charge in [-0.05, 0) is 30.4 Å². The molecule has 0 unspecified atom stereocenters. The molecule has 1 aliphatic carbocycles. The maximum Gasteiger partial charge on any atom is 0.133 e. The number of hydrogen-bond donors (Lipinski definition) is 1. The van der Waals surface area contributed by atoms with Crippen LogP contribution in [0.2, 0.25) is 0 Å². The average Bonchev–Trinajstić information content (AvgIpc) is 2.26. The number of rotatable bonds is 3. The zero-order valence-electron chi connectivity index (χ0n) is 8.20. The van der Waals surface area contributed by atoms with Crippen molar-refractivity contribution in [2.24, 2.45) is 0 Å². The molecule has 1 aromatic carbocycles. The van der Waals surface area contributed by atoms with Gasteiger partial charge >= 0.3 is 0 Å². The van der Waals surface area contributed by atoms with Gasteiger partial charge < -0.3 is 10.1 Å². The third kappa shape index (κ3) is 2.02. The molecule has 0 fully saturated rings. The first kappa shape index (κ1) is 9.41. The van der Waals surface area contributed by atoms with Crippen molar-refractivity contribution >= 4 is 6.29 Å². The summed E-state index contributed by atoms with van der Waals surface area (Å²) >= 11 is 0. The van der Waals surface area contributed by atoms with E-state index in [0.29, 0.717) is 12.6 Å². The van der Waals surface area contributed by atoms with Crippen LogP contribution in [0.3, 0.4) is 0 Å². The predicted molar refractivity (Wildman–Crippen MR) is 56.3 cm³/mol. The van der Waals surface area contributed by atoms with Crippen LogP contribution in [0.1, 0.15) is 17.5 Å². The quantitative estimate of drug-likeness (QED) is 0.727. The van der Waals surface area contributed by atoms with E-state index in [2.05, 4.69) is 29.6 Å². The number of fused-ring (bicyclic) bond motifs is 1. The van der Waals surface area contributed by atoms with Crippen LogP contribution in [-0.2, 0) is 17.6 Å². The zero-order chi connectivity index (χ0) is 9.80. The third-order valence-electron chi connectivity index (χ3n) is 2.84. The Kier molecular flexibility index (Phi) is 2.94. The van der Waals surface area contributed by atoms with Gasteiger partial charge in [-0.15, -0.1) is 0 Å². The lowest BCUT2D eigenvalue weighted by Gasteiger charge is -2.24. The van der Waals surface area contributed by atoms with Crippen LogP contribution in [0.5, 0.6) is 0 Å². The fourth-order valence-electron chi connectivity index (χ4n) is 2.09. The number of hydrogen-bond acceptors (Lipinski definition) is 2. The lowest BCUT2D eigenvalue weighted by Crippen LogP contribution is -2.35. The first-order valence-corrected chi connectivity index (χ1v) is 5.14. The Balaban J connectivity index is 2.02. The maximum atomic E-state index is 10.2. The number of carbonyl (C=O) groups excluding carboxylic acids is 1. The molecule has 1 atom stereocenters. The van der Waals surface area contributed by atoms with Crippen LogP contribution in [0.25, 0.3) is 0 Å². The van der Waals surface area contributed by atoms with Gasteiger partial charge in [0.15, 0.2) is 0 Å². The Morgan fingerprint density at radius 1 is 1.36 bits per heavy atom. The standard InChI is InChI=1S/C12H15NO/c14-8-7-13-12-6-5-10-3-1-2-4-11(10)9-12/h1-4,8,12-13H,5-7,9H2/t12-/m0/s1. The summed E-state index contributed by atoms with van der Waals surface area (Å²) in [6.07, 6.45) is 4.27. The summed E-state index contributed by atoms with van der Waals surface area (Å²) in [5.41, 5.74) is 2.90. The van der Waals surface area contributed by atoms with E-state index in [4.69, 9.17) is 0 Å². The Labute approximate surface area is 84.3 Å². The number of carbonyl (C=O) groups is 1. The Morgan fingerprint density at radius 2 is 2.14 bits per heavy atom. The van der Waals surface area contributed by atoms with Crippen molar-refractivity contribution in [2.45, 2.75) is 25.3 Å². The minimum Gasteiger partial charge on any atom is -0.307 e. The number of nitrogens with one attached hydrogen (secondary N) is 1. The van der Waals surface area contributed by atoms with Gasteiger partial charge in [-0.3, -0.25) is 0 Å². The monoisotopic (exact) mass is 189 g/mol. The van der Waals surface area contributed by atoms with Crippen LogP contribution < -0.4 is 5.32 Å². The van der Waals surface area contributed by atoms with Crippen LogP contribution in [-0.4, -0.2) is 18.9 Å². The van der Waals surface area contributed by atoms with Gasteiger partial charge in [-0.25, -0.2) is 0 Å². The molecular weight excluding hydrogens is 174 g/mol. The molecule has 0 heterocycles. The number of aryl methyl sites for hydroxylation is 1. The molecule has 1 aromatic rings. The smallest absolute Gasteiger partial charge is 0.133 e. The molecule has 0 amide bonds. The molecule has 2 heteroatoms. The summed E-state index contributed by atoms with van der Waals surface area (Å²) in [5, 5.41) is 3.24. The van der Waals surface area contributed by atoms with E-state index in [1.54, 1.807) is 0 Å². The predicted octanol–water partition coefficient (Wildman–Crippen LogP) is 1.33. The van der Waals surface area contributed by atoms with Crippen LogP contribution in [0.4, 0.5) is 0 Å². The van der Waals surface area contributed by atoms with Gasteiger partial charge in [0.25, 0.3) is 0 Å². The molecule has 2 nitrogen and oxygen atoms in total. The molecule has 0 aliphatic heterocycles. The summed E-state index contributed by atoms with van der Waals surface area (Å²) in [6, 6.07) is 9.05. The van der Waals surface area contributed by atoms with E-state index >= 15 is 0 Å². The molecule has 0 spiro atoms. The lowest BCUT2D eigenvalue weighted by molar-refractivity contribution is -0.107. The maximum absolute atomic E-state index is 10.2. The molecule has 0 aromatic heterocycles. The Hall–Kier alpha value is -1.15. The van der Waals surface area contributed by atoms with Crippen molar-refractivity contribution in [3.8, 4) is 0 Å². The highest BCUT2D eigenvalue weighted by Gasteiger charge is 2.16. The normalized spacial score (nSPS) is 20.1. The second-order valence-electron chi connectivity index (χ2n) is 3.78. The molecule has 74 valence electrons. The van der Waals surface area contributed by atoms with Crippen molar-refractivity contribution in [3.05, 3.63) is 35.4 Å². The van der Waals surface area contributed by atoms with Crippen LogP contribution in [0, 0.1) is 0 Å². The van der Waals surface area contributed by atoms with E-state index in [0.717, 1.165) is 25.5 Å². The fourth-order valence-corrected chi connectivity index (χ4v) is 2.09. The van der Waals surface area contributed by atoms with Gasteiger partial charge in [0.2, 0.25) is 0 Å². The zero-order valence-corrected chi connectivity index (χ0v) is 8.20. The number of benzene rings is 1. The molecule has 14 heavy (non-hydrogen) atoms. The molecule has 1 aliphatic rings. The topological polar surface area (TPSA) is 29.1 Å². The lowest BCUT2D eigenvalue weighted by atomic mass is 9.88. The summed E-state index contributed by atoms with van der Waals surface area (Å²) in [5.74, 6) is 0. The van der Waals surface area contributed by atoms with Crippen molar-refractivity contribution in [3.63, 3.8) is 0 Å². The molecular formula is C12H15NO. The van der Waals surface area contributed by atoms with Gasteiger partial charge in [-0.2, -0.15) is 0 Å². The summed E-state index contributed by atoms with van der Waals surface area (Å²) < 4.78 is 0. The minimum atomic E-state index is 0.479. The number of aldehydes is 1.